The molecule has 1 N–H and O–H groups in total. The van der Waals surface area contributed by atoms with Gasteiger partial charge in [0.1, 0.15) is 6.54 Å². The molecule has 26 heavy (non-hydrogen) atoms. The van der Waals surface area contributed by atoms with E-state index in [0.29, 0.717) is 18.8 Å². The van der Waals surface area contributed by atoms with Crippen LogP contribution in [0.25, 0.3) is 0 Å². The van der Waals surface area contributed by atoms with E-state index in [-0.39, 0.29) is 18.4 Å². The highest BCUT2D eigenvalue weighted by Crippen LogP contribution is 2.42. The predicted molar refractivity (Wildman–Crippen MR) is 99.7 cm³/mol. The van der Waals surface area contributed by atoms with Crippen LogP contribution in [-0.4, -0.2) is 57.5 Å². The zero-order chi connectivity index (χ0) is 18.9. The van der Waals surface area contributed by atoms with E-state index in [0.717, 1.165) is 22.1 Å². The van der Waals surface area contributed by atoms with Crippen molar-refractivity contribution in [1.82, 2.24) is 25.5 Å². The zero-order valence-corrected chi connectivity index (χ0v) is 16.6. The number of nitrogens with one attached hydrogen (secondary N) is 1. The van der Waals surface area contributed by atoms with Gasteiger partial charge in [-0.2, -0.15) is 5.21 Å². The first-order chi connectivity index (χ1) is 12.3. The smallest absolute Gasteiger partial charge is 0.242 e. The number of fused-ring (bicyclic) bond motifs is 1. The highest BCUT2D eigenvalue weighted by Gasteiger charge is 2.44. The lowest BCUT2D eigenvalue weighted by atomic mass is 9.86. The van der Waals surface area contributed by atoms with Crippen LogP contribution < -0.4 is 4.90 Å². The Labute approximate surface area is 160 Å². The van der Waals surface area contributed by atoms with Gasteiger partial charge in [-0.05, 0) is 44.0 Å². The molecular weight excluding hydrogens is 400 g/mol. The summed E-state index contributed by atoms with van der Waals surface area (Å²) in [6.45, 7) is 4.38. The second-order valence-electron chi connectivity index (χ2n) is 6.92. The zero-order valence-electron chi connectivity index (χ0n) is 15.0. The number of aromatic nitrogens is 4. The minimum absolute atomic E-state index is 0.0373. The molecule has 0 spiro atoms. The number of carbonyl (C=O) groups is 2. The molecule has 0 atom stereocenters. The van der Waals surface area contributed by atoms with Crippen LogP contribution in [0.2, 0.25) is 0 Å². The van der Waals surface area contributed by atoms with Gasteiger partial charge in [0.2, 0.25) is 11.8 Å². The lowest BCUT2D eigenvalue weighted by Crippen LogP contribution is -2.43. The van der Waals surface area contributed by atoms with E-state index < -0.39 is 5.41 Å². The van der Waals surface area contributed by atoms with E-state index in [1.165, 1.54) is 0 Å². The topological polar surface area (TPSA) is 95.1 Å². The number of H-pyrrole nitrogens is 1. The van der Waals surface area contributed by atoms with Crippen LogP contribution >= 0.6 is 15.9 Å². The number of aromatic amines is 1. The number of carbonyl (C=O) groups excluding carboxylic acids is 2. The number of rotatable bonds is 6. The molecule has 0 saturated carbocycles. The first-order valence-electron chi connectivity index (χ1n) is 8.39. The molecule has 2 amide bonds. The lowest BCUT2D eigenvalue weighted by Gasteiger charge is -2.23. The van der Waals surface area contributed by atoms with Gasteiger partial charge in [-0.1, -0.05) is 21.1 Å². The Morgan fingerprint density at radius 3 is 2.85 bits per heavy atom. The van der Waals surface area contributed by atoms with E-state index in [9.17, 15) is 9.59 Å². The molecule has 1 aliphatic heterocycles. The average molecular weight is 421 g/mol. The number of halogens is 1. The number of hydrogen-bond acceptors (Lipinski definition) is 5. The number of tetrazole rings is 1. The van der Waals surface area contributed by atoms with Crippen molar-refractivity contribution in [2.75, 3.05) is 25.0 Å². The molecule has 2 heterocycles. The molecule has 1 aromatic carbocycles. The van der Waals surface area contributed by atoms with Crippen molar-refractivity contribution in [3.8, 4) is 0 Å². The van der Waals surface area contributed by atoms with Crippen LogP contribution in [0.15, 0.2) is 22.7 Å². The molecule has 0 radical (unpaired) electrons. The summed E-state index contributed by atoms with van der Waals surface area (Å²) in [6.07, 6.45) is 1.37. The van der Waals surface area contributed by atoms with Crippen LogP contribution in [-0.2, 0) is 21.4 Å². The summed E-state index contributed by atoms with van der Waals surface area (Å²) in [4.78, 5) is 28.7. The summed E-state index contributed by atoms with van der Waals surface area (Å²) in [6, 6.07) is 5.72. The van der Waals surface area contributed by atoms with Gasteiger partial charge in [-0.25, -0.2) is 0 Å². The van der Waals surface area contributed by atoms with E-state index in [4.69, 9.17) is 0 Å². The maximum Gasteiger partial charge on any atom is 0.242 e. The third-order valence-corrected chi connectivity index (χ3v) is 5.20. The molecule has 0 unspecified atom stereocenters. The first-order valence-corrected chi connectivity index (χ1v) is 9.18. The van der Waals surface area contributed by atoms with Crippen LogP contribution in [0.5, 0.6) is 0 Å². The third-order valence-electron chi connectivity index (χ3n) is 4.70. The van der Waals surface area contributed by atoms with Crippen LogP contribution in [0.4, 0.5) is 5.69 Å². The van der Waals surface area contributed by atoms with Gasteiger partial charge in [0.05, 0.1) is 5.41 Å². The maximum atomic E-state index is 12.8. The molecule has 0 bridgehead atoms. The predicted octanol–water partition coefficient (Wildman–Crippen LogP) is 1.68. The van der Waals surface area contributed by atoms with Gasteiger partial charge >= 0.3 is 0 Å². The highest BCUT2D eigenvalue weighted by atomic mass is 79.9. The Hall–Kier alpha value is -2.29. The lowest BCUT2D eigenvalue weighted by molar-refractivity contribution is -0.131. The van der Waals surface area contributed by atoms with Crippen LogP contribution in [0.3, 0.4) is 0 Å². The summed E-state index contributed by atoms with van der Waals surface area (Å²) < 4.78 is 0.920. The number of nitrogens with zero attached hydrogens (tertiary/aromatic N) is 5. The quantitative estimate of drug-likeness (QED) is 0.766. The van der Waals surface area contributed by atoms with Crippen molar-refractivity contribution in [2.24, 2.45) is 0 Å². The number of anilines is 1. The first kappa shape index (κ1) is 18.5. The minimum Gasteiger partial charge on any atom is -0.344 e. The molecule has 0 saturated heterocycles. The largest absolute Gasteiger partial charge is 0.344 e. The summed E-state index contributed by atoms with van der Waals surface area (Å²) in [7, 11) is 1.74. The fourth-order valence-corrected chi connectivity index (χ4v) is 3.47. The Morgan fingerprint density at radius 1 is 1.38 bits per heavy atom. The van der Waals surface area contributed by atoms with Crippen molar-refractivity contribution < 1.29 is 9.59 Å². The number of hydrogen-bond donors (Lipinski definition) is 1. The van der Waals surface area contributed by atoms with Crippen molar-refractivity contribution in [3.05, 3.63) is 34.1 Å². The van der Waals surface area contributed by atoms with E-state index in [1.807, 2.05) is 32.0 Å². The standard InChI is InChI=1S/C17H21BrN6O2/c1-17(2)12-9-11(18)6-7-13(12)24(16(17)26)10-15(25)23(3)8-4-5-14-19-21-22-20-14/h6-7,9H,4-5,8,10H2,1-3H3,(H,19,20,21,22). The van der Waals surface area contributed by atoms with Crippen molar-refractivity contribution in [2.45, 2.75) is 32.1 Å². The molecule has 1 aromatic heterocycles. The number of amides is 2. The SMILES string of the molecule is CN(CCCc1nn[nH]n1)C(=O)CN1C(=O)C(C)(C)c2cc(Br)ccc21. The fraction of sp³-hybridized carbons (Fsp3) is 0.471. The molecule has 2 aromatic rings. The van der Waals surface area contributed by atoms with Crippen molar-refractivity contribution in [3.63, 3.8) is 0 Å². The van der Waals surface area contributed by atoms with Crippen molar-refractivity contribution in [1.29, 1.82) is 0 Å². The Kier molecular flexibility index (Phi) is 5.08. The summed E-state index contributed by atoms with van der Waals surface area (Å²) in [5.41, 5.74) is 1.09. The fourth-order valence-electron chi connectivity index (χ4n) is 3.11. The number of likely N-dealkylation sites (N-methyl/N-ethyl adjacent to an activating group) is 1. The minimum atomic E-state index is -0.642. The second-order valence-corrected chi connectivity index (χ2v) is 7.84. The van der Waals surface area contributed by atoms with Gasteiger partial charge < -0.3 is 9.80 Å². The van der Waals surface area contributed by atoms with E-state index >= 15 is 0 Å². The molecular formula is C17H21BrN6O2. The number of benzene rings is 1. The molecule has 3 rings (SSSR count). The molecule has 1 aliphatic rings. The van der Waals surface area contributed by atoms with Gasteiger partial charge in [-0.3, -0.25) is 9.59 Å². The monoisotopic (exact) mass is 420 g/mol. The van der Waals surface area contributed by atoms with Gasteiger partial charge in [0.15, 0.2) is 5.82 Å². The van der Waals surface area contributed by atoms with Crippen LogP contribution in [0, 0.1) is 0 Å². The Balaban J connectivity index is 1.64. The molecule has 0 fully saturated rings. The molecule has 8 nitrogen and oxygen atoms in total. The van der Waals surface area contributed by atoms with E-state index in [1.54, 1.807) is 16.8 Å². The summed E-state index contributed by atoms with van der Waals surface area (Å²) >= 11 is 3.45. The molecule has 9 heteroatoms. The highest BCUT2D eigenvalue weighted by molar-refractivity contribution is 9.10. The average Bonchev–Trinajstić information content (AvgIpc) is 3.17. The number of aryl methyl sites for hydroxylation is 1. The molecule has 0 aliphatic carbocycles. The van der Waals surface area contributed by atoms with Gasteiger partial charge in [0.25, 0.3) is 0 Å². The Morgan fingerprint density at radius 2 is 2.15 bits per heavy atom. The maximum absolute atomic E-state index is 12.8. The summed E-state index contributed by atoms with van der Waals surface area (Å²) in [5, 5.41) is 13.7. The normalized spacial score (nSPS) is 15.2. The Bertz CT molecular complexity index is 821. The second kappa shape index (κ2) is 7.14. The molecule has 138 valence electrons. The van der Waals surface area contributed by atoms with Gasteiger partial charge in [0, 0.05) is 30.2 Å². The third kappa shape index (κ3) is 3.48. The van der Waals surface area contributed by atoms with Crippen molar-refractivity contribution >= 4 is 33.4 Å². The van der Waals surface area contributed by atoms with Crippen LogP contribution in [0.1, 0.15) is 31.7 Å². The van der Waals surface area contributed by atoms with E-state index in [2.05, 4.69) is 36.6 Å². The van der Waals surface area contributed by atoms with Gasteiger partial charge in [-0.15, -0.1) is 10.2 Å². The summed E-state index contributed by atoms with van der Waals surface area (Å²) in [5.74, 6) is 0.471.